The van der Waals surface area contributed by atoms with Gasteiger partial charge in [0.25, 0.3) is 0 Å². The summed E-state index contributed by atoms with van der Waals surface area (Å²) in [4.78, 5) is 51.1. The molecule has 31 heavy (non-hydrogen) atoms. The lowest BCUT2D eigenvalue weighted by Gasteiger charge is -2.16. The highest BCUT2D eigenvalue weighted by Crippen LogP contribution is 2.52. The van der Waals surface area contributed by atoms with Crippen LogP contribution in [-0.2, 0) is 14.4 Å². The third-order valence-electron chi connectivity index (χ3n) is 6.30. The highest BCUT2D eigenvalue weighted by atomic mass is 19.1. The minimum Gasteiger partial charge on any atom is -0.425 e. The lowest BCUT2D eigenvalue weighted by atomic mass is 9.85. The van der Waals surface area contributed by atoms with Crippen LogP contribution in [-0.4, -0.2) is 35.0 Å². The highest BCUT2D eigenvalue weighted by molar-refractivity contribution is 6.09. The predicted molar refractivity (Wildman–Crippen MR) is 106 cm³/mol. The van der Waals surface area contributed by atoms with Crippen molar-refractivity contribution < 1.29 is 28.3 Å². The van der Waals surface area contributed by atoms with Crippen molar-refractivity contribution in [3.63, 3.8) is 0 Å². The average Bonchev–Trinajstić information content (AvgIpc) is 3.45. The van der Waals surface area contributed by atoms with E-state index in [0.29, 0.717) is 11.1 Å². The second kappa shape index (κ2) is 7.27. The molecule has 0 aromatic heterocycles. The van der Waals surface area contributed by atoms with Gasteiger partial charge in [-0.05, 0) is 66.8 Å². The number of rotatable bonds is 5. The molecule has 2 aromatic carbocycles. The van der Waals surface area contributed by atoms with Crippen molar-refractivity contribution in [1.82, 2.24) is 4.90 Å². The molecule has 2 aromatic rings. The Morgan fingerprint density at radius 2 is 1.39 bits per heavy atom. The van der Waals surface area contributed by atoms with Gasteiger partial charge in [-0.25, -0.2) is 9.18 Å². The summed E-state index contributed by atoms with van der Waals surface area (Å²) in [7, 11) is 0. The number of hydrogen-bond donors (Lipinski definition) is 0. The quantitative estimate of drug-likeness (QED) is 0.245. The van der Waals surface area contributed by atoms with Crippen LogP contribution in [0.3, 0.4) is 0 Å². The van der Waals surface area contributed by atoms with E-state index in [1.165, 1.54) is 48.5 Å². The van der Waals surface area contributed by atoms with Crippen molar-refractivity contribution in [1.29, 1.82) is 0 Å². The molecular formula is C24H18FNO5. The molecule has 0 unspecified atom stereocenters. The first-order valence-electron chi connectivity index (χ1n) is 10.1. The van der Waals surface area contributed by atoms with Crippen LogP contribution in [0.15, 0.2) is 60.7 Å². The van der Waals surface area contributed by atoms with Crippen molar-refractivity contribution in [3.8, 4) is 5.75 Å². The number of allylic oxidation sites excluding steroid dienone is 2. The molecule has 2 bridgehead atoms. The molecule has 1 saturated carbocycles. The summed E-state index contributed by atoms with van der Waals surface area (Å²) in [6.07, 6.45) is 4.81. The molecule has 5 rings (SSSR count). The number of amides is 2. The summed E-state index contributed by atoms with van der Waals surface area (Å²) in [6.45, 7) is -0.430. The second-order valence-electron chi connectivity index (χ2n) is 8.10. The maximum Gasteiger partial charge on any atom is 0.331 e. The van der Waals surface area contributed by atoms with Gasteiger partial charge in [0.05, 0.1) is 11.8 Å². The highest BCUT2D eigenvalue weighted by Gasteiger charge is 2.59. The first-order valence-corrected chi connectivity index (χ1v) is 10.1. The molecular weight excluding hydrogens is 401 g/mol. The molecule has 2 amide bonds. The predicted octanol–water partition coefficient (Wildman–Crippen LogP) is 2.77. The van der Waals surface area contributed by atoms with Crippen LogP contribution in [0.25, 0.3) is 0 Å². The third kappa shape index (κ3) is 3.26. The van der Waals surface area contributed by atoms with Crippen LogP contribution < -0.4 is 4.74 Å². The van der Waals surface area contributed by atoms with Gasteiger partial charge in [0.2, 0.25) is 11.8 Å². The first kappa shape index (κ1) is 19.4. The zero-order chi connectivity index (χ0) is 21.7. The molecule has 4 atom stereocenters. The van der Waals surface area contributed by atoms with Crippen LogP contribution in [0.4, 0.5) is 4.39 Å². The van der Waals surface area contributed by atoms with Gasteiger partial charge in [0, 0.05) is 11.1 Å². The lowest BCUT2D eigenvalue weighted by Crippen LogP contribution is -2.38. The average molecular weight is 419 g/mol. The number of hydrogen-bond acceptors (Lipinski definition) is 5. The zero-order valence-electron chi connectivity index (χ0n) is 16.4. The standard InChI is InChI=1S/C24H18FNO5/c25-17-7-3-13(4-8-17)22(28)14-5-9-18(10-6-14)31-19(27)12-26-23(29)20-15-1-2-16(11-15)21(20)24(26)30/h1-10,15-16,20-21H,11-12H2/t15-,16-,20+,21+/m0/s1. The molecule has 2 aliphatic carbocycles. The van der Waals surface area contributed by atoms with E-state index in [9.17, 15) is 23.6 Å². The Morgan fingerprint density at radius 3 is 1.94 bits per heavy atom. The summed E-state index contributed by atoms with van der Waals surface area (Å²) >= 11 is 0. The Morgan fingerprint density at radius 1 is 0.871 bits per heavy atom. The number of ketones is 1. The van der Waals surface area contributed by atoms with E-state index >= 15 is 0 Å². The smallest absolute Gasteiger partial charge is 0.331 e. The van der Waals surface area contributed by atoms with Crippen LogP contribution in [0.1, 0.15) is 22.3 Å². The Bertz CT molecular complexity index is 1090. The van der Waals surface area contributed by atoms with Crippen LogP contribution in [0.2, 0.25) is 0 Å². The molecule has 3 aliphatic rings. The monoisotopic (exact) mass is 419 g/mol. The van der Waals surface area contributed by atoms with Gasteiger partial charge in [-0.3, -0.25) is 19.3 Å². The third-order valence-corrected chi connectivity index (χ3v) is 6.30. The van der Waals surface area contributed by atoms with E-state index < -0.39 is 18.3 Å². The molecule has 7 heteroatoms. The maximum atomic E-state index is 13.0. The fourth-order valence-electron chi connectivity index (χ4n) is 4.86. The maximum absolute atomic E-state index is 13.0. The second-order valence-corrected chi connectivity index (χ2v) is 8.10. The number of imide groups is 1. The molecule has 1 heterocycles. The number of carbonyl (C=O) groups is 4. The normalized spacial score (nSPS) is 25.8. The largest absolute Gasteiger partial charge is 0.425 e. The van der Waals surface area contributed by atoms with Gasteiger partial charge >= 0.3 is 5.97 Å². The molecule has 2 fully saturated rings. The molecule has 6 nitrogen and oxygen atoms in total. The minimum atomic E-state index is -0.723. The van der Waals surface area contributed by atoms with Crippen molar-refractivity contribution in [3.05, 3.63) is 77.6 Å². The van der Waals surface area contributed by atoms with E-state index in [4.69, 9.17) is 4.74 Å². The Hall–Kier alpha value is -3.61. The van der Waals surface area contributed by atoms with Crippen molar-refractivity contribution >= 4 is 23.6 Å². The number of likely N-dealkylation sites (tertiary alicyclic amines) is 1. The van der Waals surface area contributed by atoms with E-state index in [1.807, 2.05) is 12.2 Å². The lowest BCUT2D eigenvalue weighted by molar-refractivity contribution is -0.148. The number of nitrogens with zero attached hydrogens (tertiary/aromatic N) is 1. The van der Waals surface area contributed by atoms with E-state index in [1.54, 1.807) is 0 Å². The number of halogens is 1. The summed E-state index contributed by atoms with van der Waals surface area (Å²) < 4.78 is 18.3. The number of ether oxygens (including phenoxy) is 1. The molecule has 1 saturated heterocycles. The number of fused-ring (bicyclic) bond motifs is 5. The molecule has 1 aliphatic heterocycles. The molecule has 0 N–H and O–H groups in total. The summed E-state index contributed by atoms with van der Waals surface area (Å²) in [6, 6.07) is 11.1. The van der Waals surface area contributed by atoms with Gasteiger partial charge in [0.1, 0.15) is 18.1 Å². The van der Waals surface area contributed by atoms with Gasteiger partial charge in [0.15, 0.2) is 5.78 Å². The summed E-state index contributed by atoms with van der Waals surface area (Å²) in [5.41, 5.74) is 0.693. The SMILES string of the molecule is O=C(CN1C(=O)[C@H]2[C@H](C1=O)[C@H]1C=C[C@H]2C1)Oc1ccc(C(=O)c2ccc(F)cc2)cc1. The summed E-state index contributed by atoms with van der Waals surface area (Å²) in [5.74, 6) is -2.40. The van der Waals surface area contributed by atoms with E-state index in [2.05, 4.69) is 0 Å². The Labute approximate surface area is 177 Å². The van der Waals surface area contributed by atoms with E-state index in [0.717, 1.165) is 11.3 Å². The van der Waals surface area contributed by atoms with Crippen molar-refractivity contribution in [2.45, 2.75) is 6.42 Å². The number of carbonyl (C=O) groups excluding carboxylic acids is 4. The Balaban J connectivity index is 1.22. The first-order chi connectivity index (χ1) is 14.9. The van der Waals surface area contributed by atoms with Gasteiger partial charge in [-0.15, -0.1) is 0 Å². The fraction of sp³-hybridized carbons (Fsp3) is 0.250. The topological polar surface area (TPSA) is 80.8 Å². The zero-order valence-corrected chi connectivity index (χ0v) is 16.4. The van der Waals surface area contributed by atoms with Gasteiger partial charge in [-0.2, -0.15) is 0 Å². The number of benzene rings is 2. The minimum absolute atomic E-state index is 0.0821. The van der Waals surface area contributed by atoms with Crippen molar-refractivity contribution in [2.24, 2.45) is 23.7 Å². The summed E-state index contributed by atoms with van der Waals surface area (Å²) in [5, 5.41) is 0. The molecule has 156 valence electrons. The van der Waals surface area contributed by atoms with Crippen LogP contribution >= 0.6 is 0 Å². The molecule has 0 radical (unpaired) electrons. The molecule has 0 spiro atoms. The van der Waals surface area contributed by atoms with E-state index in [-0.39, 0.29) is 47.0 Å². The van der Waals surface area contributed by atoms with Crippen LogP contribution in [0, 0.1) is 29.5 Å². The number of esters is 1. The Kier molecular flexibility index (Phi) is 4.54. The fourth-order valence-corrected chi connectivity index (χ4v) is 4.86. The van der Waals surface area contributed by atoms with Gasteiger partial charge in [-0.1, -0.05) is 12.2 Å². The van der Waals surface area contributed by atoms with Crippen molar-refractivity contribution in [2.75, 3.05) is 6.54 Å². The van der Waals surface area contributed by atoms with Crippen LogP contribution in [0.5, 0.6) is 5.75 Å². The van der Waals surface area contributed by atoms with Gasteiger partial charge < -0.3 is 4.74 Å².